The summed E-state index contributed by atoms with van der Waals surface area (Å²) in [7, 11) is 0. The maximum Gasteiger partial charge on any atom is 0.310 e. The molecule has 1 aromatic rings. The molecule has 0 aliphatic carbocycles. The van der Waals surface area contributed by atoms with Gasteiger partial charge < -0.3 is 5.11 Å². The lowest BCUT2D eigenvalue weighted by Crippen LogP contribution is -2.07. The molecule has 0 radical (unpaired) electrons. The van der Waals surface area contributed by atoms with Gasteiger partial charge in [-0.05, 0) is 24.6 Å². The molecule has 0 spiro atoms. The van der Waals surface area contributed by atoms with Crippen LogP contribution in [0, 0.1) is 11.6 Å². The number of carboxylic acid groups (broad SMARTS) is 1. The molecule has 0 heterocycles. The van der Waals surface area contributed by atoms with Gasteiger partial charge in [-0.25, -0.2) is 8.78 Å². The van der Waals surface area contributed by atoms with E-state index in [-0.39, 0.29) is 5.56 Å². The van der Waals surface area contributed by atoms with Crippen LogP contribution in [0.15, 0.2) is 18.2 Å². The summed E-state index contributed by atoms with van der Waals surface area (Å²) in [6.45, 7) is 1.41. The monoisotopic (exact) mass is 186 g/mol. The molecule has 70 valence electrons. The summed E-state index contributed by atoms with van der Waals surface area (Å²) < 4.78 is 25.1. The molecular formula is C9H8F2O2. The lowest BCUT2D eigenvalue weighted by Gasteiger charge is -2.05. The minimum atomic E-state index is -1.06. The molecule has 13 heavy (non-hydrogen) atoms. The Morgan fingerprint density at radius 2 is 2.00 bits per heavy atom. The van der Waals surface area contributed by atoms with E-state index < -0.39 is 23.5 Å². The van der Waals surface area contributed by atoms with Crippen molar-refractivity contribution in [2.75, 3.05) is 0 Å². The molecule has 0 amide bonds. The zero-order valence-corrected chi connectivity index (χ0v) is 6.92. The van der Waals surface area contributed by atoms with Crippen molar-refractivity contribution >= 4 is 5.97 Å². The van der Waals surface area contributed by atoms with Crippen molar-refractivity contribution in [2.45, 2.75) is 12.8 Å². The first-order valence-corrected chi connectivity index (χ1v) is 3.70. The Hall–Kier alpha value is -1.45. The van der Waals surface area contributed by atoms with E-state index in [1.54, 1.807) is 0 Å². The number of hydrogen-bond acceptors (Lipinski definition) is 1. The van der Waals surface area contributed by atoms with Crippen LogP contribution in [0.2, 0.25) is 0 Å². The Morgan fingerprint density at radius 3 is 2.46 bits per heavy atom. The maximum atomic E-state index is 12.6. The van der Waals surface area contributed by atoms with Gasteiger partial charge in [0.05, 0.1) is 5.92 Å². The SMILES string of the molecule is CC(C(=O)O)c1ccc(F)c(F)c1. The van der Waals surface area contributed by atoms with Crippen LogP contribution in [0.5, 0.6) is 0 Å². The molecule has 0 aromatic heterocycles. The minimum absolute atomic E-state index is 0.256. The molecule has 0 bridgehead atoms. The first-order valence-electron chi connectivity index (χ1n) is 3.70. The molecule has 1 unspecified atom stereocenters. The van der Waals surface area contributed by atoms with Gasteiger partial charge in [0.2, 0.25) is 0 Å². The average Bonchev–Trinajstić information content (AvgIpc) is 2.08. The third kappa shape index (κ3) is 2.02. The maximum absolute atomic E-state index is 12.6. The van der Waals surface area contributed by atoms with Crippen molar-refractivity contribution in [3.8, 4) is 0 Å². The number of benzene rings is 1. The minimum Gasteiger partial charge on any atom is -0.481 e. The average molecular weight is 186 g/mol. The summed E-state index contributed by atoms with van der Waals surface area (Å²) in [6.07, 6.45) is 0. The van der Waals surface area contributed by atoms with Gasteiger partial charge in [-0.15, -0.1) is 0 Å². The Balaban J connectivity index is 3.03. The summed E-state index contributed by atoms with van der Waals surface area (Å²) in [5.41, 5.74) is 0.256. The van der Waals surface area contributed by atoms with E-state index in [2.05, 4.69) is 0 Å². The summed E-state index contributed by atoms with van der Waals surface area (Å²) in [4.78, 5) is 10.5. The summed E-state index contributed by atoms with van der Waals surface area (Å²) in [5, 5.41) is 8.58. The smallest absolute Gasteiger partial charge is 0.310 e. The van der Waals surface area contributed by atoms with E-state index in [1.807, 2.05) is 0 Å². The molecule has 0 aliphatic heterocycles. The Morgan fingerprint density at radius 1 is 1.38 bits per heavy atom. The van der Waals surface area contributed by atoms with Gasteiger partial charge in [0.25, 0.3) is 0 Å². The number of rotatable bonds is 2. The van der Waals surface area contributed by atoms with Crippen LogP contribution in [0.1, 0.15) is 18.4 Å². The van der Waals surface area contributed by atoms with Crippen LogP contribution in [0.4, 0.5) is 8.78 Å². The van der Waals surface area contributed by atoms with Crippen LogP contribution < -0.4 is 0 Å². The van der Waals surface area contributed by atoms with E-state index in [9.17, 15) is 13.6 Å². The van der Waals surface area contributed by atoms with Crippen LogP contribution in [-0.4, -0.2) is 11.1 Å². The number of carbonyl (C=O) groups is 1. The Bertz CT molecular complexity index is 336. The normalized spacial score (nSPS) is 12.5. The van der Waals surface area contributed by atoms with Crippen molar-refractivity contribution in [2.24, 2.45) is 0 Å². The van der Waals surface area contributed by atoms with Crippen molar-refractivity contribution in [3.05, 3.63) is 35.4 Å². The molecule has 0 aliphatic rings. The zero-order valence-electron chi connectivity index (χ0n) is 6.92. The molecule has 2 nitrogen and oxygen atoms in total. The van der Waals surface area contributed by atoms with E-state index in [0.29, 0.717) is 0 Å². The third-order valence-corrected chi connectivity index (χ3v) is 1.81. The predicted molar refractivity (Wildman–Crippen MR) is 42.4 cm³/mol. The molecule has 1 N–H and O–H groups in total. The van der Waals surface area contributed by atoms with Crippen LogP contribution in [0.3, 0.4) is 0 Å². The van der Waals surface area contributed by atoms with Gasteiger partial charge in [-0.2, -0.15) is 0 Å². The molecular weight excluding hydrogens is 178 g/mol. The summed E-state index contributed by atoms with van der Waals surface area (Å²) in [5.74, 6) is -3.88. The standard InChI is InChI=1S/C9H8F2O2/c1-5(9(12)13)6-2-3-7(10)8(11)4-6/h2-5H,1H3,(H,12,13). The second kappa shape index (κ2) is 3.51. The first kappa shape index (κ1) is 9.64. The highest BCUT2D eigenvalue weighted by Crippen LogP contribution is 2.17. The molecule has 0 fully saturated rings. The second-order valence-corrected chi connectivity index (χ2v) is 2.73. The molecule has 1 atom stereocenters. The van der Waals surface area contributed by atoms with Gasteiger partial charge in [-0.3, -0.25) is 4.79 Å². The van der Waals surface area contributed by atoms with Crippen LogP contribution >= 0.6 is 0 Å². The molecule has 4 heteroatoms. The van der Waals surface area contributed by atoms with Gasteiger partial charge in [-0.1, -0.05) is 6.07 Å². The van der Waals surface area contributed by atoms with E-state index in [0.717, 1.165) is 12.1 Å². The van der Waals surface area contributed by atoms with Gasteiger partial charge >= 0.3 is 5.97 Å². The predicted octanol–water partition coefficient (Wildman–Crippen LogP) is 2.15. The Labute approximate surface area is 73.8 Å². The fraction of sp³-hybridized carbons (Fsp3) is 0.222. The topological polar surface area (TPSA) is 37.3 Å². The van der Waals surface area contributed by atoms with Crippen molar-refractivity contribution in [3.63, 3.8) is 0 Å². The van der Waals surface area contributed by atoms with Crippen molar-refractivity contribution < 1.29 is 18.7 Å². The second-order valence-electron chi connectivity index (χ2n) is 2.73. The van der Waals surface area contributed by atoms with Crippen LogP contribution in [-0.2, 0) is 4.79 Å². The fourth-order valence-electron chi connectivity index (χ4n) is 0.924. The van der Waals surface area contributed by atoms with E-state index >= 15 is 0 Å². The number of hydrogen-bond donors (Lipinski definition) is 1. The first-order chi connectivity index (χ1) is 6.02. The zero-order chi connectivity index (χ0) is 10.0. The van der Waals surface area contributed by atoms with Gasteiger partial charge in [0.1, 0.15) is 0 Å². The molecule has 0 saturated carbocycles. The van der Waals surface area contributed by atoms with E-state index in [1.165, 1.54) is 13.0 Å². The highest BCUT2D eigenvalue weighted by molar-refractivity contribution is 5.75. The lowest BCUT2D eigenvalue weighted by molar-refractivity contribution is -0.138. The molecule has 0 saturated heterocycles. The number of aliphatic carboxylic acids is 1. The fourth-order valence-corrected chi connectivity index (χ4v) is 0.924. The van der Waals surface area contributed by atoms with E-state index in [4.69, 9.17) is 5.11 Å². The largest absolute Gasteiger partial charge is 0.481 e. The highest BCUT2D eigenvalue weighted by Gasteiger charge is 2.15. The summed E-state index contributed by atoms with van der Waals surface area (Å²) in [6, 6.07) is 3.08. The summed E-state index contributed by atoms with van der Waals surface area (Å²) >= 11 is 0. The van der Waals surface area contributed by atoms with Crippen LogP contribution in [0.25, 0.3) is 0 Å². The highest BCUT2D eigenvalue weighted by atomic mass is 19.2. The lowest BCUT2D eigenvalue weighted by atomic mass is 10.0. The third-order valence-electron chi connectivity index (χ3n) is 1.81. The van der Waals surface area contributed by atoms with Crippen molar-refractivity contribution in [1.82, 2.24) is 0 Å². The quantitative estimate of drug-likeness (QED) is 0.768. The van der Waals surface area contributed by atoms with Crippen molar-refractivity contribution in [1.29, 1.82) is 0 Å². The molecule has 1 rings (SSSR count). The van der Waals surface area contributed by atoms with Gasteiger partial charge in [0, 0.05) is 0 Å². The van der Waals surface area contributed by atoms with Gasteiger partial charge in [0.15, 0.2) is 11.6 Å². The molecule has 1 aromatic carbocycles. The number of carboxylic acids is 1. The number of halogens is 2. The Kier molecular flexibility index (Phi) is 2.60.